The second-order valence-corrected chi connectivity index (χ2v) is 9.24. The van der Waals surface area contributed by atoms with E-state index in [9.17, 15) is 9.18 Å². The van der Waals surface area contributed by atoms with Crippen molar-refractivity contribution in [1.82, 2.24) is 15.2 Å². The lowest BCUT2D eigenvalue weighted by molar-refractivity contribution is -0.123. The van der Waals surface area contributed by atoms with Crippen LogP contribution in [-0.2, 0) is 4.79 Å². The normalized spacial score (nSPS) is 25.7. The molecule has 1 amide bonds. The standard InChI is InChI=1S/C22H28FN3O/c1-22(2,3)25-21(27)13-26-11-15-8-14(9-16(15)12-26)18-6-7-24-20-5-4-17(23)10-19(18)20/h4-7,10,14-16H,8-9,11-13H2,1-3H3,(H,25,27)/t14-,15-,16+. The second kappa shape index (κ2) is 6.86. The fourth-order valence-corrected chi connectivity index (χ4v) is 4.94. The Bertz CT molecular complexity index is 846. The van der Waals surface area contributed by atoms with E-state index in [0.29, 0.717) is 24.3 Å². The van der Waals surface area contributed by atoms with Gasteiger partial charge in [0.2, 0.25) is 5.91 Å². The van der Waals surface area contributed by atoms with Crippen LogP contribution in [0.4, 0.5) is 4.39 Å². The minimum Gasteiger partial charge on any atom is -0.350 e. The van der Waals surface area contributed by atoms with E-state index in [4.69, 9.17) is 0 Å². The highest BCUT2D eigenvalue weighted by Gasteiger charge is 2.42. The minimum absolute atomic E-state index is 0.106. The lowest BCUT2D eigenvalue weighted by Crippen LogP contribution is -2.45. The number of nitrogens with one attached hydrogen (secondary N) is 1. The van der Waals surface area contributed by atoms with Crippen LogP contribution in [0, 0.1) is 17.7 Å². The van der Waals surface area contributed by atoms with E-state index in [1.165, 1.54) is 11.6 Å². The largest absolute Gasteiger partial charge is 0.350 e. The zero-order valence-electron chi connectivity index (χ0n) is 16.3. The molecule has 4 nitrogen and oxygen atoms in total. The predicted molar refractivity (Wildman–Crippen MR) is 105 cm³/mol. The van der Waals surface area contributed by atoms with Gasteiger partial charge in [-0.15, -0.1) is 0 Å². The number of likely N-dealkylation sites (tertiary alicyclic amines) is 1. The highest BCUT2D eigenvalue weighted by Crippen LogP contribution is 2.47. The first kappa shape index (κ1) is 18.4. The molecule has 1 saturated carbocycles. The van der Waals surface area contributed by atoms with Gasteiger partial charge in [0.25, 0.3) is 0 Å². The first-order valence-electron chi connectivity index (χ1n) is 9.86. The van der Waals surface area contributed by atoms with Gasteiger partial charge in [0.15, 0.2) is 0 Å². The van der Waals surface area contributed by atoms with Crippen LogP contribution in [0.2, 0.25) is 0 Å². The molecule has 0 unspecified atom stereocenters. The van der Waals surface area contributed by atoms with E-state index in [-0.39, 0.29) is 17.3 Å². The Labute approximate surface area is 160 Å². The second-order valence-electron chi connectivity index (χ2n) is 9.24. The molecule has 3 atom stereocenters. The summed E-state index contributed by atoms with van der Waals surface area (Å²) in [5, 5.41) is 4.00. The number of aromatic nitrogens is 1. The topological polar surface area (TPSA) is 45.2 Å². The van der Waals surface area contributed by atoms with Crippen molar-refractivity contribution in [3.05, 3.63) is 41.8 Å². The number of rotatable bonds is 3. The van der Waals surface area contributed by atoms with Crippen molar-refractivity contribution in [2.45, 2.75) is 45.1 Å². The van der Waals surface area contributed by atoms with Crippen LogP contribution in [0.25, 0.3) is 10.9 Å². The predicted octanol–water partition coefficient (Wildman–Crippen LogP) is 3.71. The maximum Gasteiger partial charge on any atom is 0.234 e. The molecule has 27 heavy (non-hydrogen) atoms. The summed E-state index contributed by atoms with van der Waals surface area (Å²) in [7, 11) is 0. The van der Waals surface area contributed by atoms with Gasteiger partial charge in [-0.05, 0) is 81.2 Å². The molecule has 5 heteroatoms. The number of nitrogens with zero attached hydrogens (tertiary/aromatic N) is 2. The SMILES string of the molecule is CC(C)(C)NC(=O)CN1C[C@H]2C[C@@H](c3ccnc4ccc(F)cc34)C[C@H]2C1. The van der Waals surface area contributed by atoms with Crippen LogP contribution in [0.3, 0.4) is 0 Å². The van der Waals surface area contributed by atoms with Crippen molar-refractivity contribution in [2.75, 3.05) is 19.6 Å². The highest BCUT2D eigenvalue weighted by atomic mass is 19.1. The molecule has 2 aliphatic rings. The number of fused-ring (bicyclic) bond motifs is 2. The molecular formula is C22H28FN3O. The smallest absolute Gasteiger partial charge is 0.234 e. The molecule has 0 bridgehead atoms. The van der Waals surface area contributed by atoms with Crippen molar-refractivity contribution in [1.29, 1.82) is 0 Å². The molecule has 1 N–H and O–H groups in total. The van der Waals surface area contributed by atoms with Gasteiger partial charge in [0.05, 0.1) is 12.1 Å². The zero-order chi connectivity index (χ0) is 19.2. The van der Waals surface area contributed by atoms with E-state index in [1.807, 2.05) is 27.0 Å². The summed E-state index contributed by atoms with van der Waals surface area (Å²) >= 11 is 0. The molecule has 2 fully saturated rings. The molecule has 144 valence electrons. The molecule has 1 aromatic heterocycles. The summed E-state index contributed by atoms with van der Waals surface area (Å²) in [5.74, 6) is 1.60. The van der Waals surface area contributed by atoms with Crippen molar-refractivity contribution in [2.24, 2.45) is 11.8 Å². The molecule has 1 aliphatic heterocycles. The zero-order valence-corrected chi connectivity index (χ0v) is 16.3. The third kappa shape index (κ3) is 3.98. The van der Waals surface area contributed by atoms with Gasteiger partial charge in [-0.1, -0.05) is 0 Å². The van der Waals surface area contributed by atoms with E-state index in [2.05, 4.69) is 21.3 Å². The Morgan fingerprint density at radius 2 is 1.93 bits per heavy atom. The van der Waals surface area contributed by atoms with E-state index in [0.717, 1.165) is 36.8 Å². The Morgan fingerprint density at radius 3 is 2.59 bits per heavy atom. The molecule has 2 aromatic rings. The van der Waals surface area contributed by atoms with Crippen molar-refractivity contribution in [3.63, 3.8) is 0 Å². The number of pyridine rings is 1. The van der Waals surface area contributed by atoms with Gasteiger partial charge in [-0.25, -0.2) is 4.39 Å². The summed E-state index contributed by atoms with van der Waals surface area (Å²) in [6.07, 6.45) is 4.06. The maximum absolute atomic E-state index is 13.8. The van der Waals surface area contributed by atoms with E-state index < -0.39 is 0 Å². The Balaban J connectivity index is 1.42. The van der Waals surface area contributed by atoms with Gasteiger partial charge in [0, 0.05) is 30.2 Å². The van der Waals surface area contributed by atoms with Gasteiger partial charge in [-0.3, -0.25) is 14.7 Å². The quantitative estimate of drug-likeness (QED) is 0.897. The van der Waals surface area contributed by atoms with Crippen LogP contribution < -0.4 is 5.32 Å². The van der Waals surface area contributed by atoms with E-state index >= 15 is 0 Å². The summed E-state index contributed by atoms with van der Waals surface area (Å²) in [6.45, 7) is 8.48. The first-order valence-corrected chi connectivity index (χ1v) is 9.86. The monoisotopic (exact) mass is 369 g/mol. The molecule has 0 radical (unpaired) electrons. The van der Waals surface area contributed by atoms with Gasteiger partial charge >= 0.3 is 0 Å². The van der Waals surface area contributed by atoms with Crippen molar-refractivity contribution < 1.29 is 9.18 Å². The van der Waals surface area contributed by atoms with Crippen molar-refractivity contribution >= 4 is 16.8 Å². The summed E-state index contributed by atoms with van der Waals surface area (Å²) in [5.41, 5.74) is 1.91. The number of benzene rings is 1. The molecule has 2 heterocycles. The molecule has 1 saturated heterocycles. The molecule has 1 aliphatic carbocycles. The number of halogens is 1. The molecular weight excluding hydrogens is 341 g/mol. The van der Waals surface area contributed by atoms with Crippen LogP contribution in [0.5, 0.6) is 0 Å². The first-order chi connectivity index (χ1) is 12.8. The molecule has 1 aromatic carbocycles. The Kier molecular flexibility index (Phi) is 4.66. The number of amides is 1. The third-order valence-corrected chi connectivity index (χ3v) is 5.89. The summed E-state index contributed by atoms with van der Waals surface area (Å²) in [6, 6.07) is 6.92. The van der Waals surface area contributed by atoms with Crippen LogP contribution in [0.15, 0.2) is 30.5 Å². The summed E-state index contributed by atoms with van der Waals surface area (Å²) < 4.78 is 13.8. The Hall–Kier alpha value is -2.01. The number of carbonyl (C=O) groups is 1. The van der Waals surface area contributed by atoms with E-state index in [1.54, 1.807) is 12.1 Å². The van der Waals surface area contributed by atoms with Crippen molar-refractivity contribution in [3.8, 4) is 0 Å². The van der Waals surface area contributed by atoms with Gasteiger partial charge in [0.1, 0.15) is 5.82 Å². The minimum atomic E-state index is -0.203. The van der Waals surface area contributed by atoms with Crippen LogP contribution in [0.1, 0.15) is 45.1 Å². The fraction of sp³-hybridized carbons (Fsp3) is 0.545. The number of carbonyl (C=O) groups excluding carboxylic acids is 1. The third-order valence-electron chi connectivity index (χ3n) is 5.89. The van der Waals surface area contributed by atoms with Crippen LogP contribution in [-0.4, -0.2) is 41.0 Å². The maximum atomic E-state index is 13.8. The molecule has 0 spiro atoms. The average Bonchev–Trinajstić information content (AvgIpc) is 3.10. The fourth-order valence-electron chi connectivity index (χ4n) is 4.94. The Morgan fingerprint density at radius 1 is 1.22 bits per heavy atom. The lowest BCUT2D eigenvalue weighted by atomic mass is 9.93. The highest BCUT2D eigenvalue weighted by molar-refractivity contribution is 5.82. The summed E-state index contributed by atoms with van der Waals surface area (Å²) in [4.78, 5) is 18.9. The van der Waals surface area contributed by atoms with Gasteiger partial charge < -0.3 is 5.32 Å². The number of hydrogen-bond acceptors (Lipinski definition) is 3. The number of hydrogen-bond donors (Lipinski definition) is 1. The lowest BCUT2D eigenvalue weighted by Gasteiger charge is -2.24. The van der Waals surface area contributed by atoms with Crippen LogP contribution >= 0.6 is 0 Å². The average molecular weight is 369 g/mol. The van der Waals surface area contributed by atoms with Gasteiger partial charge in [-0.2, -0.15) is 0 Å². The molecule has 4 rings (SSSR count).